The summed E-state index contributed by atoms with van der Waals surface area (Å²) in [6, 6.07) is 0.629. The molecule has 2 rings (SSSR count). The second-order valence-electron chi connectivity index (χ2n) is 6.18. The number of hydrogen-bond acceptors (Lipinski definition) is 3. The summed E-state index contributed by atoms with van der Waals surface area (Å²) in [7, 11) is 0. The van der Waals surface area contributed by atoms with E-state index >= 15 is 0 Å². The van der Waals surface area contributed by atoms with Crippen LogP contribution in [0.4, 0.5) is 18.0 Å². The third-order valence-corrected chi connectivity index (χ3v) is 3.34. The van der Waals surface area contributed by atoms with Gasteiger partial charge < -0.3 is 10.1 Å². The fraction of sp³-hybridized carbons (Fsp3) is 0.571. The van der Waals surface area contributed by atoms with Crippen molar-refractivity contribution in [2.24, 2.45) is 0 Å². The minimum absolute atomic E-state index is 0.0479. The lowest BCUT2D eigenvalue weighted by Crippen LogP contribution is -2.34. The van der Waals surface area contributed by atoms with Crippen LogP contribution in [0.3, 0.4) is 0 Å². The van der Waals surface area contributed by atoms with Crippen molar-refractivity contribution in [3.63, 3.8) is 0 Å². The highest BCUT2D eigenvalue weighted by Crippen LogP contribution is 2.43. The van der Waals surface area contributed by atoms with Crippen LogP contribution in [0, 0.1) is 0 Å². The summed E-state index contributed by atoms with van der Waals surface area (Å²) in [5.41, 5.74) is -1.15. The van der Waals surface area contributed by atoms with E-state index in [1.165, 1.54) is 0 Å². The highest BCUT2D eigenvalue weighted by Gasteiger charge is 2.43. The second kappa shape index (κ2) is 5.61. The van der Waals surface area contributed by atoms with Gasteiger partial charge in [0.15, 0.2) is 0 Å². The SMILES string of the molecule is CC(C)(C)OC(=O)NC1CC1c1ncc(C(F)(F)F)cc1Cl. The van der Waals surface area contributed by atoms with Crippen LogP contribution in [0.2, 0.25) is 5.02 Å². The van der Waals surface area contributed by atoms with Crippen LogP contribution < -0.4 is 5.32 Å². The molecule has 0 aromatic carbocycles. The minimum atomic E-state index is -4.48. The number of nitrogens with one attached hydrogen (secondary N) is 1. The fourth-order valence-corrected chi connectivity index (χ4v) is 2.30. The normalized spacial score (nSPS) is 21.4. The molecule has 1 aliphatic carbocycles. The molecule has 0 aliphatic heterocycles. The van der Waals surface area contributed by atoms with Crippen LogP contribution in [0.25, 0.3) is 0 Å². The van der Waals surface area contributed by atoms with Gasteiger partial charge in [-0.3, -0.25) is 4.98 Å². The Morgan fingerprint density at radius 3 is 2.55 bits per heavy atom. The first-order chi connectivity index (χ1) is 9.97. The van der Waals surface area contributed by atoms with Crippen molar-refractivity contribution >= 4 is 17.7 Å². The Hall–Kier alpha value is -1.50. The third-order valence-electron chi connectivity index (χ3n) is 3.04. The van der Waals surface area contributed by atoms with Crippen molar-refractivity contribution in [1.82, 2.24) is 10.3 Å². The zero-order valence-corrected chi connectivity index (χ0v) is 13.0. The molecule has 4 nitrogen and oxygen atoms in total. The number of nitrogens with zero attached hydrogens (tertiary/aromatic N) is 1. The molecule has 1 heterocycles. The molecule has 0 spiro atoms. The Kier molecular flexibility index (Phi) is 4.30. The fourth-order valence-electron chi connectivity index (χ4n) is 1.99. The molecule has 1 aromatic heterocycles. The minimum Gasteiger partial charge on any atom is -0.444 e. The molecule has 1 saturated carbocycles. The highest BCUT2D eigenvalue weighted by molar-refractivity contribution is 6.31. The average Bonchev–Trinajstić information content (AvgIpc) is 3.03. The number of alkyl halides is 3. The van der Waals surface area contributed by atoms with E-state index < -0.39 is 23.4 Å². The van der Waals surface area contributed by atoms with E-state index in [0.29, 0.717) is 12.1 Å². The molecular formula is C14H16ClF3N2O2. The van der Waals surface area contributed by atoms with Crippen LogP contribution in [0.5, 0.6) is 0 Å². The van der Waals surface area contributed by atoms with Gasteiger partial charge in [-0.2, -0.15) is 13.2 Å². The summed E-state index contributed by atoms with van der Waals surface area (Å²) in [4.78, 5) is 15.4. The first-order valence-corrected chi connectivity index (χ1v) is 7.07. The summed E-state index contributed by atoms with van der Waals surface area (Å²) in [6.07, 6.45) is -3.73. The summed E-state index contributed by atoms with van der Waals surface area (Å²) in [5.74, 6) is -0.192. The predicted molar refractivity (Wildman–Crippen MR) is 74.8 cm³/mol. The average molecular weight is 337 g/mol. The van der Waals surface area contributed by atoms with Crippen LogP contribution >= 0.6 is 11.6 Å². The van der Waals surface area contributed by atoms with Gasteiger partial charge in [0.1, 0.15) is 5.60 Å². The van der Waals surface area contributed by atoms with E-state index in [2.05, 4.69) is 10.3 Å². The van der Waals surface area contributed by atoms with Gasteiger partial charge >= 0.3 is 12.3 Å². The molecule has 0 saturated heterocycles. The maximum atomic E-state index is 12.6. The van der Waals surface area contributed by atoms with E-state index in [4.69, 9.17) is 16.3 Å². The summed E-state index contributed by atoms with van der Waals surface area (Å²) < 4.78 is 42.8. The van der Waals surface area contributed by atoms with Crippen molar-refractivity contribution < 1.29 is 22.7 Å². The van der Waals surface area contributed by atoms with Crippen molar-refractivity contribution in [2.45, 2.75) is 50.9 Å². The lowest BCUT2D eigenvalue weighted by atomic mass is 10.2. The molecule has 8 heteroatoms. The topological polar surface area (TPSA) is 51.2 Å². The molecule has 0 bridgehead atoms. The second-order valence-corrected chi connectivity index (χ2v) is 6.59. The van der Waals surface area contributed by atoms with Crippen molar-refractivity contribution in [3.05, 3.63) is 28.5 Å². The number of amides is 1. The quantitative estimate of drug-likeness (QED) is 0.883. The highest BCUT2D eigenvalue weighted by atomic mass is 35.5. The molecular weight excluding hydrogens is 321 g/mol. The summed E-state index contributed by atoms with van der Waals surface area (Å²) >= 11 is 5.87. The molecule has 0 radical (unpaired) electrons. The molecule has 2 atom stereocenters. The number of pyridine rings is 1. The number of carbonyl (C=O) groups is 1. The number of ether oxygens (including phenoxy) is 1. The molecule has 1 aromatic rings. The maximum Gasteiger partial charge on any atom is 0.417 e. The van der Waals surface area contributed by atoms with Gasteiger partial charge in [-0.1, -0.05) is 11.6 Å². The first-order valence-electron chi connectivity index (χ1n) is 6.69. The molecule has 1 fully saturated rings. The van der Waals surface area contributed by atoms with Crippen LogP contribution in [0.1, 0.15) is 44.4 Å². The molecule has 2 unspecified atom stereocenters. The van der Waals surface area contributed by atoms with Gasteiger partial charge in [0.2, 0.25) is 0 Å². The number of aromatic nitrogens is 1. The summed E-state index contributed by atoms with van der Waals surface area (Å²) in [5, 5.41) is 2.60. The van der Waals surface area contributed by atoms with Crippen molar-refractivity contribution in [2.75, 3.05) is 0 Å². The number of alkyl carbamates (subject to hydrolysis) is 1. The Labute approximate surface area is 131 Å². The first kappa shape index (κ1) is 16.9. The Balaban J connectivity index is 2.00. The van der Waals surface area contributed by atoms with Gasteiger partial charge in [0, 0.05) is 18.2 Å². The predicted octanol–water partition coefficient (Wildman–Crippen LogP) is 4.13. The lowest BCUT2D eigenvalue weighted by Gasteiger charge is -2.19. The maximum absolute atomic E-state index is 12.6. The Morgan fingerprint density at radius 1 is 1.41 bits per heavy atom. The van der Waals surface area contributed by atoms with Gasteiger partial charge in [-0.05, 0) is 33.3 Å². The van der Waals surface area contributed by atoms with Crippen LogP contribution in [-0.4, -0.2) is 22.7 Å². The number of hydrogen-bond donors (Lipinski definition) is 1. The van der Waals surface area contributed by atoms with E-state index in [9.17, 15) is 18.0 Å². The standard InChI is InChI=1S/C14H16ClF3N2O2/c1-13(2,3)22-12(21)20-10-5-8(10)11-9(15)4-7(6-19-11)14(16,17)18/h4,6,8,10H,5H2,1-3H3,(H,20,21). The Morgan fingerprint density at radius 2 is 2.05 bits per heavy atom. The number of carbonyl (C=O) groups excluding carboxylic acids is 1. The molecule has 122 valence electrons. The number of rotatable bonds is 2. The lowest BCUT2D eigenvalue weighted by molar-refractivity contribution is -0.137. The Bertz CT molecular complexity index is 584. The van der Waals surface area contributed by atoms with Crippen LogP contribution in [0.15, 0.2) is 12.3 Å². The van der Waals surface area contributed by atoms with Gasteiger partial charge in [-0.15, -0.1) is 0 Å². The van der Waals surface area contributed by atoms with E-state index in [1.807, 2.05) is 0 Å². The zero-order chi connectivity index (χ0) is 16.7. The van der Waals surface area contributed by atoms with Crippen molar-refractivity contribution in [3.8, 4) is 0 Å². The zero-order valence-electron chi connectivity index (χ0n) is 12.3. The summed E-state index contributed by atoms with van der Waals surface area (Å²) in [6.45, 7) is 5.22. The number of halogens is 4. The molecule has 1 amide bonds. The van der Waals surface area contributed by atoms with E-state index in [1.54, 1.807) is 20.8 Å². The van der Waals surface area contributed by atoms with Gasteiger partial charge in [0.05, 0.1) is 16.3 Å². The van der Waals surface area contributed by atoms with Crippen molar-refractivity contribution in [1.29, 1.82) is 0 Å². The smallest absolute Gasteiger partial charge is 0.417 e. The largest absolute Gasteiger partial charge is 0.444 e. The van der Waals surface area contributed by atoms with Gasteiger partial charge in [0.25, 0.3) is 0 Å². The molecule has 22 heavy (non-hydrogen) atoms. The van der Waals surface area contributed by atoms with E-state index in [-0.39, 0.29) is 17.0 Å². The van der Waals surface area contributed by atoms with Crippen LogP contribution in [-0.2, 0) is 10.9 Å². The van der Waals surface area contributed by atoms with Gasteiger partial charge in [-0.25, -0.2) is 4.79 Å². The third kappa shape index (κ3) is 4.25. The van der Waals surface area contributed by atoms with E-state index in [0.717, 1.165) is 12.3 Å². The molecule has 1 N–H and O–H groups in total. The molecule has 1 aliphatic rings. The monoisotopic (exact) mass is 336 g/mol.